The predicted octanol–water partition coefficient (Wildman–Crippen LogP) is 2.70. The lowest BCUT2D eigenvalue weighted by Crippen LogP contribution is -2.41. The first-order valence-corrected chi connectivity index (χ1v) is 7.76. The van der Waals surface area contributed by atoms with Crippen LogP contribution in [0.2, 0.25) is 0 Å². The number of likely N-dealkylation sites (N-methyl/N-ethyl adjacent to an activating group) is 1. The van der Waals surface area contributed by atoms with Crippen LogP contribution in [0.25, 0.3) is 0 Å². The van der Waals surface area contributed by atoms with E-state index in [0.29, 0.717) is 19.1 Å². The van der Waals surface area contributed by atoms with Crippen molar-refractivity contribution < 1.29 is 9.53 Å². The molecule has 0 bridgehead atoms. The molecule has 1 aliphatic rings. The van der Waals surface area contributed by atoms with Gasteiger partial charge in [0.25, 0.3) is 0 Å². The van der Waals surface area contributed by atoms with E-state index in [9.17, 15) is 4.79 Å². The lowest BCUT2D eigenvalue weighted by atomic mass is 10.1. The van der Waals surface area contributed by atoms with Crippen LogP contribution in [0.1, 0.15) is 30.4 Å². The maximum atomic E-state index is 12.3. The Hall–Kier alpha value is -1.26. The van der Waals surface area contributed by atoms with E-state index in [4.69, 9.17) is 4.74 Å². The Morgan fingerprint density at radius 2 is 2.18 bits per heavy atom. The number of halogens is 1. The average Bonchev–Trinajstić information content (AvgIpc) is 2.90. The molecule has 0 spiro atoms. The van der Waals surface area contributed by atoms with Crippen LogP contribution in [0.15, 0.2) is 18.2 Å². The number of benzene rings is 1. The summed E-state index contributed by atoms with van der Waals surface area (Å²) in [5.41, 5.74) is 2.35. The van der Waals surface area contributed by atoms with Gasteiger partial charge in [0.05, 0.1) is 13.0 Å². The number of nitrogens with one attached hydrogen (secondary N) is 1. The number of nitrogens with zero attached hydrogens (tertiary/aromatic N) is 1. The van der Waals surface area contributed by atoms with Crippen LogP contribution < -0.4 is 10.1 Å². The van der Waals surface area contributed by atoms with Crippen molar-refractivity contribution in [3.63, 3.8) is 0 Å². The fourth-order valence-electron chi connectivity index (χ4n) is 2.97. The number of aryl methyl sites for hydroxylation is 2. The normalized spacial score (nSPS) is 17.2. The van der Waals surface area contributed by atoms with Gasteiger partial charge in [0, 0.05) is 19.1 Å². The lowest BCUT2D eigenvalue weighted by molar-refractivity contribution is -0.132. The third-order valence-electron chi connectivity index (χ3n) is 4.04. The minimum absolute atomic E-state index is 0. The molecule has 0 aliphatic carbocycles. The van der Waals surface area contributed by atoms with Gasteiger partial charge in [-0.1, -0.05) is 17.7 Å². The molecule has 1 heterocycles. The molecule has 1 fully saturated rings. The van der Waals surface area contributed by atoms with Crippen molar-refractivity contribution in [2.75, 3.05) is 26.7 Å². The van der Waals surface area contributed by atoms with Crippen LogP contribution in [-0.4, -0.2) is 43.6 Å². The minimum atomic E-state index is 0. The Morgan fingerprint density at radius 3 is 2.86 bits per heavy atom. The molecule has 0 radical (unpaired) electrons. The number of hydrogen-bond donors (Lipinski definition) is 1. The first-order valence-electron chi connectivity index (χ1n) is 7.76. The molecule has 0 saturated carbocycles. The second-order valence-corrected chi connectivity index (χ2v) is 5.81. The highest BCUT2D eigenvalue weighted by Gasteiger charge is 2.27. The highest BCUT2D eigenvalue weighted by Crippen LogP contribution is 2.20. The van der Waals surface area contributed by atoms with Gasteiger partial charge in [-0.2, -0.15) is 0 Å². The predicted molar refractivity (Wildman–Crippen MR) is 91.9 cm³/mol. The van der Waals surface area contributed by atoms with Gasteiger partial charge >= 0.3 is 0 Å². The Kier molecular flexibility index (Phi) is 7.69. The van der Waals surface area contributed by atoms with Crippen molar-refractivity contribution in [2.24, 2.45) is 0 Å². The van der Waals surface area contributed by atoms with Crippen molar-refractivity contribution in [3.8, 4) is 5.75 Å². The van der Waals surface area contributed by atoms with Gasteiger partial charge in [0.1, 0.15) is 5.75 Å². The molecule has 4 nitrogen and oxygen atoms in total. The van der Waals surface area contributed by atoms with Gasteiger partial charge in [0.2, 0.25) is 5.91 Å². The van der Waals surface area contributed by atoms with Crippen molar-refractivity contribution in [3.05, 3.63) is 29.3 Å². The summed E-state index contributed by atoms with van der Waals surface area (Å²) in [6.45, 7) is 6.31. The van der Waals surface area contributed by atoms with Crippen molar-refractivity contribution in [1.82, 2.24) is 10.2 Å². The molecule has 1 aromatic carbocycles. The van der Waals surface area contributed by atoms with Crippen LogP contribution in [0, 0.1) is 13.8 Å². The number of ether oxygens (including phenoxy) is 1. The van der Waals surface area contributed by atoms with Crippen LogP contribution in [-0.2, 0) is 4.79 Å². The summed E-state index contributed by atoms with van der Waals surface area (Å²) in [6.07, 6.45) is 2.66. The number of carbonyl (C=O) groups excluding carboxylic acids is 1. The van der Waals surface area contributed by atoms with E-state index in [1.54, 1.807) is 0 Å². The summed E-state index contributed by atoms with van der Waals surface area (Å²) in [6, 6.07) is 6.46. The maximum Gasteiger partial charge on any atom is 0.226 e. The summed E-state index contributed by atoms with van der Waals surface area (Å²) < 4.78 is 5.75. The molecule has 1 unspecified atom stereocenters. The molecule has 22 heavy (non-hydrogen) atoms. The van der Waals surface area contributed by atoms with Crippen molar-refractivity contribution in [1.29, 1.82) is 0 Å². The van der Waals surface area contributed by atoms with Gasteiger partial charge in [-0.25, -0.2) is 0 Å². The Morgan fingerprint density at radius 1 is 1.41 bits per heavy atom. The fraction of sp³-hybridized carbons (Fsp3) is 0.588. The Balaban J connectivity index is 0.00000242. The Labute approximate surface area is 139 Å². The molecule has 0 aromatic heterocycles. The first kappa shape index (κ1) is 18.8. The second kappa shape index (κ2) is 9.01. The minimum Gasteiger partial charge on any atom is -0.493 e. The van der Waals surface area contributed by atoms with Gasteiger partial charge in [-0.05, 0) is 45.4 Å². The molecule has 1 atom stereocenters. The van der Waals surface area contributed by atoms with Gasteiger partial charge in [-0.3, -0.25) is 4.79 Å². The third kappa shape index (κ3) is 4.89. The van der Waals surface area contributed by atoms with E-state index < -0.39 is 0 Å². The molecule has 124 valence electrons. The highest BCUT2D eigenvalue weighted by molar-refractivity contribution is 5.85. The Bertz CT molecular complexity index is 494. The monoisotopic (exact) mass is 326 g/mol. The fourth-order valence-corrected chi connectivity index (χ4v) is 2.97. The summed E-state index contributed by atoms with van der Waals surface area (Å²) in [7, 11) is 1.93. The summed E-state index contributed by atoms with van der Waals surface area (Å²) >= 11 is 0. The maximum absolute atomic E-state index is 12.3. The number of carbonyl (C=O) groups is 1. The summed E-state index contributed by atoms with van der Waals surface area (Å²) in [4.78, 5) is 14.3. The van der Waals surface area contributed by atoms with E-state index in [0.717, 1.165) is 37.2 Å². The van der Waals surface area contributed by atoms with E-state index in [1.807, 2.05) is 31.0 Å². The number of rotatable bonds is 6. The topological polar surface area (TPSA) is 41.6 Å². The van der Waals surface area contributed by atoms with Crippen LogP contribution in [0.5, 0.6) is 5.75 Å². The molecular weight excluding hydrogens is 300 g/mol. The summed E-state index contributed by atoms with van der Waals surface area (Å²) in [5.74, 6) is 1.08. The molecule has 1 saturated heterocycles. The van der Waals surface area contributed by atoms with Crippen LogP contribution >= 0.6 is 12.4 Å². The zero-order valence-corrected chi connectivity index (χ0v) is 14.5. The largest absolute Gasteiger partial charge is 0.493 e. The smallest absolute Gasteiger partial charge is 0.226 e. The van der Waals surface area contributed by atoms with E-state index >= 15 is 0 Å². The SMILES string of the molecule is CNCC1CCCN1C(=O)CCOc1ccc(C)cc1C.Cl. The molecule has 1 aliphatic heterocycles. The molecule has 1 amide bonds. The highest BCUT2D eigenvalue weighted by atomic mass is 35.5. The van der Waals surface area contributed by atoms with E-state index in [2.05, 4.69) is 18.3 Å². The lowest BCUT2D eigenvalue weighted by Gasteiger charge is -2.24. The quantitative estimate of drug-likeness (QED) is 0.874. The zero-order chi connectivity index (χ0) is 15.2. The van der Waals surface area contributed by atoms with E-state index in [-0.39, 0.29) is 18.3 Å². The van der Waals surface area contributed by atoms with Gasteiger partial charge in [-0.15, -0.1) is 12.4 Å². The first-order chi connectivity index (χ1) is 10.1. The van der Waals surface area contributed by atoms with Crippen molar-refractivity contribution >= 4 is 18.3 Å². The molecule has 1 aromatic rings. The van der Waals surface area contributed by atoms with Crippen molar-refractivity contribution in [2.45, 2.75) is 39.2 Å². The van der Waals surface area contributed by atoms with Gasteiger partial charge < -0.3 is 15.0 Å². The molecule has 2 rings (SSSR count). The van der Waals surface area contributed by atoms with E-state index in [1.165, 1.54) is 5.56 Å². The van der Waals surface area contributed by atoms with Crippen LogP contribution in [0.3, 0.4) is 0 Å². The number of likely N-dealkylation sites (tertiary alicyclic amines) is 1. The number of hydrogen-bond acceptors (Lipinski definition) is 3. The van der Waals surface area contributed by atoms with Gasteiger partial charge in [0.15, 0.2) is 0 Å². The molecule has 5 heteroatoms. The zero-order valence-electron chi connectivity index (χ0n) is 13.7. The third-order valence-corrected chi connectivity index (χ3v) is 4.04. The number of amides is 1. The van der Waals surface area contributed by atoms with Crippen LogP contribution in [0.4, 0.5) is 0 Å². The standard InChI is InChI=1S/C17H26N2O2.ClH/c1-13-6-7-16(14(2)11-13)21-10-8-17(20)19-9-4-5-15(19)12-18-3;/h6-7,11,15,18H,4-5,8-10,12H2,1-3H3;1H. The second-order valence-electron chi connectivity index (χ2n) is 5.81. The molecule has 1 N–H and O–H groups in total. The average molecular weight is 327 g/mol. The molecular formula is C17H27ClN2O2. The summed E-state index contributed by atoms with van der Waals surface area (Å²) in [5, 5.41) is 3.16.